The van der Waals surface area contributed by atoms with E-state index in [1.165, 1.54) is 24.5 Å². The minimum Gasteiger partial charge on any atom is -0.406 e. The van der Waals surface area contributed by atoms with Gasteiger partial charge in [-0.3, -0.25) is 9.69 Å². The topological polar surface area (TPSA) is 70.6 Å². The highest BCUT2D eigenvalue weighted by Gasteiger charge is 2.54. The molecule has 0 bridgehead atoms. The number of ether oxygens (including phenoxy) is 1. The van der Waals surface area contributed by atoms with Crippen LogP contribution in [0.4, 0.5) is 19.1 Å². The Labute approximate surface area is 189 Å². The van der Waals surface area contributed by atoms with Crippen LogP contribution in [0.2, 0.25) is 0 Å². The Morgan fingerprint density at radius 1 is 1.21 bits per heavy atom. The van der Waals surface area contributed by atoms with Crippen LogP contribution in [0.5, 0.6) is 5.75 Å². The lowest BCUT2D eigenvalue weighted by molar-refractivity contribution is -0.274. The van der Waals surface area contributed by atoms with Crippen molar-refractivity contribution in [1.29, 1.82) is 0 Å². The van der Waals surface area contributed by atoms with E-state index in [4.69, 9.17) is 0 Å². The first kappa shape index (κ1) is 21.9. The first-order chi connectivity index (χ1) is 15.7. The second-order valence-electron chi connectivity index (χ2n) is 9.12. The summed E-state index contributed by atoms with van der Waals surface area (Å²) in [6, 6.07) is 4.70. The fraction of sp³-hybridized carbons (Fsp3) is 0.522. The minimum absolute atomic E-state index is 0.0349. The van der Waals surface area contributed by atoms with E-state index in [2.05, 4.69) is 31.8 Å². The quantitative estimate of drug-likeness (QED) is 0.677. The first-order valence-electron chi connectivity index (χ1n) is 11.2. The smallest absolute Gasteiger partial charge is 0.406 e. The SMILES string of the molecule is CCN1CC2(CCN2C(=O)c2cnc(NCc3cc(OC(F)(F)F)cc(C4CC4)c3)nc2)C1. The Morgan fingerprint density at radius 2 is 1.94 bits per heavy atom. The van der Waals surface area contributed by atoms with Crippen LogP contribution < -0.4 is 10.1 Å². The Hall–Kier alpha value is -2.88. The van der Waals surface area contributed by atoms with Crippen molar-refractivity contribution in [2.24, 2.45) is 0 Å². The van der Waals surface area contributed by atoms with E-state index < -0.39 is 6.36 Å². The molecule has 1 amide bonds. The molecule has 1 aromatic carbocycles. The number of alkyl halides is 3. The number of benzene rings is 1. The van der Waals surface area contributed by atoms with Gasteiger partial charge in [-0.2, -0.15) is 0 Å². The van der Waals surface area contributed by atoms with Gasteiger partial charge in [0.05, 0.1) is 11.1 Å². The Bertz CT molecular complexity index is 1030. The Balaban J connectivity index is 1.22. The third-order valence-corrected chi connectivity index (χ3v) is 6.72. The predicted molar refractivity (Wildman–Crippen MR) is 115 cm³/mol. The summed E-state index contributed by atoms with van der Waals surface area (Å²) in [4.78, 5) is 25.6. The summed E-state index contributed by atoms with van der Waals surface area (Å²) < 4.78 is 42.2. The average Bonchev–Trinajstić information content (AvgIpc) is 3.55. The number of aromatic nitrogens is 2. The van der Waals surface area contributed by atoms with Gasteiger partial charge in [0, 0.05) is 38.6 Å². The largest absolute Gasteiger partial charge is 0.573 e. The molecule has 3 heterocycles. The summed E-state index contributed by atoms with van der Waals surface area (Å²) in [5.41, 5.74) is 1.89. The zero-order valence-electron chi connectivity index (χ0n) is 18.4. The van der Waals surface area contributed by atoms with Gasteiger partial charge in [-0.05, 0) is 55.0 Å². The second-order valence-corrected chi connectivity index (χ2v) is 9.12. The van der Waals surface area contributed by atoms with Crippen molar-refractivity contribution in [3.8, 4) is 5.75 Å². The molecule has 3 fully saturated rings. The Morgan fingerprint density at radius 3 is 2.52 bits per heavy atom. The lowest BCUT2D eigenvalue weighted by atomic mass is 9.77. The van der Waals surface area contributed by atoms with E-state index in [0.29, 0.717) is 17.1 Å². The van der Waals surface area contributed by atoms with Crippen LogP contribution in [-0.2, 0) is 6.54 Å². The zero-order chi connectivity index (χ0) is 23.2. The van der Waals surface area contributed by atoms with Crippen LogP contribution in [0.15, 0.2) is 30.6 Å². The Kier molecular flexibility index (Phi) is 5.43. The van der Waals surface area contributed by atoms with Crippen LogP contribution in [0, 0.1) is 0 Å². The number of hydrogen-bond donors (Lipinski definition) is 1. The normalized spacial score (nSPS) is 19.7. The number of hydrogen-bond acceptors (Lipinski definition) is 6. The van der Waals surface area contributed by atoms with Gasteiger partial charge in [0.2, 0.25) is 5.95 Å². The molecular formula is C23H26F3N5O2. The van der Waals surface area contributed by atoms with Crippen LogP contribution in [-0.4, -0.2) is 63.8 Å². The van der Waals surface area contributed by atoms with Crippen LogP contribution in [0.1, 0.15) is 53.6 Å². The summed E-state index contributed by atoms with van der Waals surface area (Å²) >= 11 is 0. The average molecular weight is 461 g/mol. The van der Waals surface area contributed by atoms with E-state index in [0.717, 1.165) is 51.0 Å². The zero-order valence-corrected chi connectivity index (χ0v) is 18.4. The van der Waals surface area contributed by atoms with Crippen LogP contribution >= 0.6 is 0 Å². The van der Waals surface area contributed by atoms with Gasteiger partial charge < -0.3 is 15.0 Å². The summed E-state index contributed by atoms with van der Waals surface area (Å²) in [7, 11) is 0. The second kappa shape index (κ2) is 8.16. The fourth-order valence-electron chi connectivity index (χ4n) is 4.70. The van der Waals surface area contributed by atoms with Crippen molar-refractivity contribution in [2.75, 3.05) is 31.5 Å². The number of carbonyl (C=O) groups is 1. The molecule has 0 unspecified atom stereocenters. The van der Waals surface area contributed by atoms with Crippen molar-refractivity contribution >= 4 is 11.9 Å². The highest BCUT2D eigenvalue weighted by molar-refractivity contribution is 5.95. The van der Waals surface area contributed by atoms with Crippen molar-refractivity contribution < 1.29 is 22.7 Å². The molecule has 1 spiro atoms. The van der Waals surface area contributed by atoms with Gasteiger partial charge in [-0.25, -0.2) is 9.97 Å². The lowest BCUT2D eigenvalue weighted by Gasteiger charge is -2.62. The molecule has 176 valence electrons. The van der Waals surface area contributed by atoms with E-state index in [1.54, 1.807) is 0 Å². The van der Waals surface area contributed by atoms with Gasteiger partial charge in [0.1, 0.15) is 5.75 Å². The molecular weight excluding hydrogens is 435 g/mol. The van der Waals surface area contributed by atoms with Gasteiger partial charge in [-0.15, -0.1) is 13.2 Å². The van der Waals surface area contributed by atoms with Gasteiger partial charge in [0.15, 0.2) is 0 Å². The van der Waals surface area contributed by atoms with E-state index in [-0.39, 0.29) is 29.7 Å². The van der Waals surface area contributed by atoms with Gasteiger partial charge in [-0.1, -0.05) is 13.0 Å². The molecule has 2 aromatic rings. The summed E-state index contributed by atoms with van der Waals surface area (Å²) in [5.74, 6) is 0.314. The maximum absolute atomic E-state index is 12.9. The third-order valence-electron chi connectivity index (χ3n) is 6.72. The maximum Gasteiger partial charge on any atom is 0.573 e. The number of rotatable bonds is 7. The monoisotopic (exact) mass is 461 g/mol. The van der Waals surface area contributed by atoms with Gasteiger partial charge >= 0.3 is 6.36 Å². The van der Waals surface area contributed by atoms with Gasteiger partial charge in [0.25, 0.3) is 5.91 Å². The molecule has 10 heteroatoms. The fourth-order valence-corrected chi connectivity index (χ4v) is 4.70. The summed E-state index contributed by atoms with van der Waals surface area (Å²) in [6.07, 6.45) is 1.22. The molecule has 2 saturated heterocycles. The van der Waals surface area contributed by atoms with Crippen molar-refractivity contribution in [3.05, 3.63) is 47.3 Å². The summed E-state index contributed by atoms with van der Waals surface area (Å²) in [6.45, 7) is 5.91. The predicted octanol–water partition coefficient (Wildman–Crippen LogP) is 3.78. The van der Waals surface area contributed by atoms with Crippen molar-refractivity contribution in [1.82, 2.24) is 19.8 Å². The maximum atomic E-state index is 12.9. The number of anilines is 1. The molecule has 0 atom stereocenters. The third kappa shape index (κ3) is 4.62. The van der Waals surface area contributed by atoms with Crippen LogP contribution in [0.3, 0.4) is 0 Å². The van der Waals surface area contributed by atoms with Crippen molar-refractivity contribution in [2.45, 2.75) is 50.6 Å². The molecule has 2 aliphatic heterocycles. The number of carbonyl (C=O) groups excluding carboxylic acids is 1. The first-order valence-corrected chi connectivity index (χ1v) is 11.2. The molecule has 7 nitrogen and oxygen atoms in total. The highest BCUT2D eigenvalue weighted by Crippen LogP contribution is 2.42. The molecule has 5 rings (SSSR count). The van der Waals surface area contributed by atoms with E-state index >= 15 is 0 Å². The number of likely N-dealkylation sites (N-methyl/N-ethyl adjacent to an activating group) is 1. The number of halogens is 3. The minimum atomic E-state index is -4.73. The standard InChI is InChI=1S/C23H26F3N5O2/c1-2-30-13-22(14-30)5-6-31(22)20(32)18-11-28-21(29-12-18)27-10-15-7-17(16-3-4-16)9-19(8-15)33-23(24,25)26/h7-9,11-12,16H,2-6,10,13-14H2,1H3,(H,27,28,29). The van der Waals surface area contributed by atoms with E-state index in [1.807, 2.05) is 11.0 Å². The number of nitrogens with zero attached hydrogens (tertiary/aromatic N) is 4. The molecule has 1 N–H and O–H groups in total. The lowest BCUT2D eigenvalue weighted by Crippen LogP contribution is -2.77. The molecule has 33 heavy (non-hydrogen) atoms. The number of nitrogens with one attached hydrogen (secondary N) is 1. The van der Waals surface area contributed by atoms with Crippen LogP contribution in [0.25, 0.3) is 0 Å². The number of likely N-dealkylation sites (tertiary alicyclic amines) is 2. The molecule has 3 aliphatic rings. The van der Waals surface area contributed by atoms with E-state index in [9.17, 15) is 18.0 Å². The highest BCUT2D eigenvalue weighted by atomic mass is 19.4. The molecule has 1 saturated carbocycles. The molecule has 1 aliphatic carbocycles. The summed E-state index contributed by atoms with van der Waals surface area (Å²) in [5, 5.41) is 3.02. The molecule has 1 aromatic heterocycles. The molecule has 0 radical (unpaired) electrons. The van der Waals surface area contributed by atoms with Crippen molar-refractivity contribution in [3.63, 3.8) is 0 Å². The number of amides is 1.